The van der Waals surface area contributed by atoms with Crippen molar-refractivity contribution in [3.63, 3.8) is 0 Å². The Labute approximate surface area is 134 Å². The number of para-hydroxylation sites is 1. The summed E-state index contributed by atoms with van der Waals surface area (Å²) in [5, 5.41) is 4.10. The van der Waals surface area contributed by atoms with Crippen LogP contribution in [0.2, 0.25) is 0 Å². The Balaban J connectivity index is 1.58. The number of hydrogen-bond acceptors (Lipinski definition) is 1. The largest absolute Gasteiger partial charge is 0.358 e. The number of rotatable bonds is 5. The van der Waals surface area contributed by atoms with Crippen LogP contribution in [0, 0.1) is 12.7 Å². The van der Waals surface area contributed by atoms with Crippen molar-refractivity contribution in [3.05, 3.63) is 71.2 Å². The maximum atomic E-state index is 13.1. The lowest BCUT2D eigenvalue weighted by molar-refractivity contribution is -0.120. The van der Waals surface area contributed by atoms with E-state index in [1.807, 2.05) is 25.1 Å². The van der Waals surface area contributed by atoms with Crippen LogP contribution in [0.3, 0.4) is 0 Å². The van der Waals surface area contributed by atoms with Crippen molar-refractivity contribution in [2.24, 2.45) is 0 Å². The van der Waals surface area contributed by atoms with Gasteiger partial charge in [0.15, 0.2) is 0 Å². The summed E-state index contributed by atoms with van der Waals surface area (Å²) >= 11 is 0. The lowest BCUT2D eigenvalue weighted by Crippen LogP contribution is -2.27. The van der Waals surface area contributed by atoms with Gasteiger partial charge >= 0.3 is 0 Å². The first-order valence-electron chi connectivity index (χ1n) is 7.71. The molecule has 1 aromatic heterocycles. The molecule has 1 heterocycles. The molecule has 0 spiro atoms. The topological polar surface area (TPSA) is 44.9 Å². The summed E-state index contributed by atoms with van der Waals surface area (Å²) in [6.45, 7) is 2.61. The Morgan fingerprint density at radius 3 is 2.83 bits per heavy atom. The molecule has 0 radical (unpaired) electrons. The van der Waals surface area contributed by atoms with Crippen molar-refractivity contribution in [2.45, 2.75) is 19.8 Å². The summed E-state index contributed by atoms with van der Waals surface area (Å²) in [7, 11) is 0. The van der Waals surface area contributed by atoms with Gasteiger partial charge in [0.25, 0.3) is 0 Å². The number of nitrogens with one attached hydrogen (secondary N) is 2. The van der Waals surface area contributed by atoms with Crippen LogP contribution in [-0.4, -0.2) is 17.4 Å². The molecule has 3 aromatic rings. The highest BCUT2D eigenvalue weighted by Crippen LogP contribution is 2.21. The fourth-order valence-electron chi connectivity index (χ4n) is 2.88. The van der Waals surface area contributed by atoms with Gasteiger partial charge in [-0.15, -0.1) is 0 Å². The van der Waals surface area contributed by atoms with Crippen molar-refractivity contribution < 1.29 is 9.18 Å². The van der Waals surface area contributed by atoms with E-state index < -0.39 is 0 Å². The zero-order chi connectivity index (χ0) is 16.2. The van der Waals surface area contributed by atoms with Gasteiger partial charge in [0.1, 0.15) is 5.82 Å². The minimum atomic E-state index is -0.315. The van der Waals surface area contributed by atoms with Crippen LogP contribution in [0.1, 0.15) is 16.8 Å². The van der Waals surface area contributed by atoms with Gasteiger partial charge in [-0.3, -0.25) is 4.79 Å². The fourth-order valence-corrected chi connectivity index (χ4v) is 2.88. The molecule has 4 heteroatoms. The van der Waals surface area contributed by atoms with Crippen LogP contribution >= 0.6 is 0 Å². The number of benzene rings is 2. The van der Waals surface area contributed by atoms with Crippen LogP contribution in [0.15, 0.2) is 48.5 Å². The highest BCUT2D eigenvalue weighted by Gasteiger charge is 2.09. The maximum absolute atomic E-state index is 13.1. The lowest BCUT2D eigenvalue weighted by atomic mass is 10.1. The Bertz CT molecular complexity index is 838. The summed E-state index contributed by atoms with van der Waals surface area (Å²) in [6, 6.07) is 14.3. The van der Waals surface area contributed by atoms with Crippen molar-refractivity contribution in [2.75, 3.05) is 6.54 Å². The molecule has 0 aliphatic rings. The Morgan fingerprint density at radius 2 is 2.00 bits per heavy atom. The van der Waals surface area contributed by atoms with Gasteiger partial charge in [0.05, 0.1) is 6.42 Å². The molecule has 3 nitrogen and oxygen atoms in total. The summed E-state index contributed by atoms with van der Waals surface area (Å²) in [6.07, 6.45) is 0.968. The van der Waals surface area contributed by atoms with Gasteiger partial charge in [0.2, 0.25) is 5.91 Å². The average molecular weight is 310 g/mol. The lowest BCUT2D eigenvalue weighted by Gasteiger charge is -2.06. The summed E-state index contributed by atoms with van der Waals surface area (Å²) < 4.78 is 13.1. The van der Waals surface area contributed by atoms with Crippen LogP contribution in [-0.2, 0) is 17.6 Å². The van der Waals surface area contributed by atoms with E-state index in [9.17, 15) is 9.18 Å². The van der Waals surface area contributed by atoms with Crippen LogP contribution in [0.25, 0.3) is 10.9 Å². The third kappa shape index (κ3) is 3.59. The predicted octanol–water partition coefficient (Wildman–Crippen LogP) is 3.52. The van der Waals surface area contributed by atoms with Gasteiger partial charge < -0.3 is 10.3 Å². The standard InChI is InChI=1S/C19H19FN2O/c1-13-16(17-7-2-3-8-18(17)22-13)9-10-21-19(23)12-14-5-4-6-15(20)11-14/h2-8,11,22H,9-10,12H2,1H3,(H,21,23). The molecule has 0 fully saturated rings. The molecule has 0 unspecified atom stereocenters. The molecule has 118 valence electrons. The van der Waals surface area contributed by atoms with E-state index in [4.69, 9.17) is 0 Å². The number of aryl methyl sites for hydroxylation is 1. The highest BCUT2D eigenvalue weighted by atomic mass is 19.1. The molecule has 23 heavy (non-hydrogen) atoms. The average Bonchev–Trinajstić information content (AvgIpc) is 2.83. The molecule has 0 aliphatic heterocycles. The molecule has 1 amide bonds. The van der Waals surface area contributed by atoms with Gasteiger partial charge in [-0.1, -0.05) is 30.3 Å². The van der Waals surface area contributed by atoms with Crippen LogP contribution in [0.5, 0.6) is 0 Å². The molecule has 2 N–H and O–H groups in total. The molecule has 2 aromatic carbocycles. The SMILES string of the molecule is Cc1[nH]c2ccccc2c1CCNC(=O)Cc1cccc(F)c1. The Morgan fingerprint density at radius 1 is 1.17 bits per heavy atom. The quantitative estimate of drug-likeness (QED) is 0.744. The number of aromatic nitrogens is 1. The van der Waals surface area contributed by atoms with Crippen molar-refractivity contribution in [3.8, 4) is 0 Å². The Kier molecular flexibility index (Phi) is 4.42. The molecule has 0 bridgehead atoms. The number of fused-ring (bicyclic) bond motifs is 1. The number of amides is 1. The number of hydrogen-bond donors (Lipinski definition) is 2. The third-order valence-corrected chi connectivity index (χ3v) is 3.98. The minimum absolute atomic E-state index is 0.0897. The summed E-state index contributed by atoms with van der Waals surface area (Å²) in [5.41, 5.74) is 4.16. The number of carbonyl (C=O) groups is 1. The van der Waals surface area contributed by atoms with E-state index in [-0.39, 0.29) is 18.1 Å². The molecule has 0 saturated heterocycles. The molecule has 0 aliphatic carbocycles. The first-order valence-corrected chi connectivity index (χ1v) is 7.71. The third-order valence-electron chi connectivity index (χ3n) is 3.98. The highest BCUT2D eigenvalue weighted by molar-refractivity contribution is 5.84. The van der Waals surface area contributed by atoms with Gasteiger partial charge in [-0.25, -0.2) is 4.39 Å². The first-order chi connectivity index (χ1) is 11.1. The zero-order valence-electron chi connectivity index (χ0n) is 13.0. The van der Waals surface area contributed by atoms with Gasteiger partial charge in [-0.05, 0) is 42.7 Å². The van der Waals surface area contributed by atoms with E-state index in [1.54, 1.807) is 12.1 Å². The fraction of sp³-hybridized carbons (Fsp3) is 0.211. The monoisotopic (exact) mass is 310 g/mol. The number of H-pyrrole nitrogens is 1. The van der Waals surface area contributed by atoms with E-state index >= 15 is 0 Å². The molecule has 3 rings (SSSR count). The summed E-state index contributed by atoms with van der Waals surface area (Å²) in [4.78, 5) is 15.3. The Hall–Kier alpha value is -2.62. The predicted molar refractivity (Wildman–Crippen MR) is 89.9 cm³/mol. The van der Waals surface area contributed by atoms with Crippen LogP contribution < -0.4 is 5.32 Å². The zero-order valence-corrected chi connectivity index (χ0v) is 13.0. The minimum Gasteiger partial charge on any atom is -0.358 e. The second-order valence-electron chi connectivity index (χ2n) is 5.68. The number of halogens is 1. The number of aromatic amines is 1. The van der Waals surface area contributed by atoms with Gasteiger partial charge in [-0.2, -0.15) is 0 Å². The number of carbonyl (C=O) groups excluding carboxylic acids is 1. The summed E-state index contributed by atoms with van der Waals surface area (Å²) in [5.74, 6) is -0.405. The normalized spacial score (nSPS) is 10.9. The molecular weight excluding hydrogens is 291 g/mol. The van der Waals surface area contributed by atoms with E-state index in [1.165, 1.54) is 23.1 Å². The van der Waals surface area contributed by atoms with E-state index in [2.05, 4.69) is 16.4 Å². The molecule has 0 saturated carbocycles. The van der Waals surface area contributed by atoms with Crippen molar-refractivity contribution in [1.82, 2.24) is 10.3 Å². The van der Waals surface area contributed by atoms with Crippen molar-refractivity contribution >= 4 is 16.8 Å². The second-order valence-corrected chi connectivity index (χ2v) is 5.68. The van der Waals surface area contributed by atoms with E-state index in [0.29, 0.717) is 12.1 Å². The maximum Gasteiger partial charge on any atom is 0.224 e. The van der Waals surface area contributed by atoms with E-state index in [0.717, 1.165) is 17.6 Å². The van der Waals surface area contributed by atoms with Crippen molar-refractivity contribution in [1.29, 1.82) is 0 Å². The smallest absolute Gasteiger partial charge is 0.224 e. The molecule has 0 atom stereocenters. The molecular formula is C19H19FN2O. The van der Waals surface area contributed by atoms with Gasteiger partial charge in [0, 0.05) is 23.1 Å². The second kappa shape index (κ2) is 6.65. The first kappa shape index (κ1) is 15.3. The van der Waals surface area contributed by atoms with Crippen LogP contribution in [0.4, 0.5) is 4.39 Å².